The number of rotatable bonds is 4. The maximum Gasteiger partial charge on any atom is 0.325 e. The van der Waals surface area contributed by atoms with Gasteiger partial charge in [-0.05, 0) is 37.8 Å². The van der Waals surface area contributed by atoms with E-state index in [9.17, 15) is 19.2 Å². The van der Waals surface area contributed by atoms with Crippen LogP contribution in [0.2, 0.25) is 0 Å². The quantitative estimate of drug-likeness (QED) is 0.755. The normalized spacial score (nSPS) is 21.5. The summed E-state index contributed by atoms with van der Waals surface area (Å²) in [5, 5.41) is 5.70. The van der Waals surface area contributed by atoms with Crippen molar-refractivity contribution in [2.45, 2.75) is 44.1 Å². The van der Waals surface area contributed by atoms with E-state index in [2.05, 4.69) is 10.6 Å². The molecule has 1 aromatic rings. The zero-order valence-electron chi connectivity index (χ0n) is 16.4. The summed E-state index contributed by atoms with van der Waals surface area (Å²) in [6, 6.07) is 8.82. The molecule has 154 valence electrons. The number of likely N-dealkylation sites (tertiary alicyclic amines) is 1. The largest absolute Gasteiger partial charge is 0.341 e. The highest BCUT2D eigenvalue weighted by molar-refractivity contribution is 6.09. The number of hydrogen-bond acceptors (Lipinski definition) is 4. The smallest absolute Gasteiger partial charge is 0.325 e. The van der Waals surface area contributed by atoms with Gasteiger partial charge in [0.1, 0.15) is 12.1 Å². The topological polar surface area (TPSA) is 98.8 Å². The summed E-state index contributed by atoms with van der Waals surface area (Å²) in [5.74, 6) is -0.714. The molecule has 2 N–H and O–H groups in total. The van der Waals surface area contributed by atoms with E-state index >= 15 is 0 Å². The summed E-state index contributed by atoms with van der Waals surface area (Å²) in [6.07, 6.45) is 4.23. The molecule has 1 spiro atoms. The zero-order valence-corrected chi connectivity index (χ0v) is 16.4. The number of carbonyl (C=O) groups excluding carboxylic acids is 4. The molecule has 0 aromatic heterocycles. The van der Waals surface area contributed by atoms with E-state index in [1.807, 2.05) is 30.3 Å². The van der Waals surface area contributed by atoms with Gasteiger partial charge in [0.05, 0.1) is 0 Å². The number of benzene rings is 1. The van der Waals surface area contributed by atoms with E-state index in [4.69, 9.17) is 0 Å². The molecular formula is C21H26N4O4. The summed E-state index contributed by atoms with van der Waals surface area (Å²) >= 11 is 0. The van der Waals surface area contributed by atoms with Crippen LogP contribution in [0.4, 0.5) is 10.5 Å². The molecule has 1 aliphatic carbocycles. The van der Waals surface area contributed by atoms with Crippen LogP contribution >= 0.6 is 0 Å². The number of imide groups is 1. The molecule has 3 aliphatic rings. The van der Waals surface area contributed by atoms with Gasteiger partial charge in [-0.2, -0.15) is 0 Å². The van der Waals surface area contributed by atoms with E-state index in [-0.39, 0.29) is 30.2 Å². The summed E-state index contributed by atoms with van der Waals surface area (Å²) in [7, 11) is 0. The Hall–Kier alpha value is -2.90. The van der Waals surface area contributed by atoms with Gasteiger partial charge in [-0.25, -0.2) is 4.79 Å². The van der Waals surface area contributed by atoms with E-state index in [0.717, 1.165) is 23.4 Å². The molecule has 0 unspecified atom stereocenters. The van der Waals surface area contributed by atoms with Crippen molar-refractivity contribution < 1.29 is 19.2 Å². The fourth-order valence-electron chi connectivity index (χ4n) is 4.53. The maximum atomic E-state index is 12.7. The van der Waals surface area contributed by atoms with Crippen molar-refractivity contribution in [3.63, 3.8) is 0 Å². The van der Waals surface area contributed by atoms with E-state index in [0.29, 0.717) is 38.8 Å². The summed E-state index contributed by atoms with van der Waals surface area (Å²) in [6.45, 7) is 0.661. The Morgan fingerprint density at radius 2 is 1.72 bits per heavy atom. The minimum Gasteiger partial charge on any atom is -0.341 e. The second-order valence-electron chi connectivity index (χ2n) is 8.12. The van der Waals surface area contributed by atoms with Crippen LogP contribution in [0, 0.1) is 5.92 Å². The van der Waals surface area contributed by atoms with E-state index in [1.54, 1.807) is 4.90 Å². The lowest BCUT2D eigenvalue weighted by molar-refractivity contribution is -0.140. The molecule has 4 rings (SSSR count). The lowest BCUT2D eigenvalue weighted by atomic mass is 9.95. The number of urea groups is 1. The Morgan fingerprint density at radius 3 is 2.38 bits per heavy atom. The van der Waals surface area contributed by atoms with Crippen molar-refractivity contribution in [3.05, 3.63) is 30.3 Å². The Labute approximate surface area is 169 Å². The molecule has 3 fully saturated rings. The molecule has 0 bridgehead atoms. The molecule has 5 amide bonds. The van der Waals surface area contributed by atoms with Gasteiger partial charge >= 0.3 is 6.03 Å². The minimum atomic E-state index is -0.792. The van der Waals surface area contributed by atoms with Crippen molar-refractivity contribution in [2.75, 3.05) is 25.0 Å². The van der Waals surface area contributed by atoms with Gasteiger partial charge in [0.25, 0.3) is 5.91 Å². The lowest BCUT2D eigenvalue weighted by Crippen LogP contribution is -2.48. The second kappa shape index (κ2) is 7.85. The van der Waals surface area contributed by atoms with Gasteiger partial charge in [-0.3, -0.25) is 19.3 Å². The van der Waals surface area contributed by atoms with E-state index in [1.165, 1.54) is 0 Å². The number of anilines is 1. The van der Waals surface area contributed by atoms with Gasteiger partial charge in [-0.15, -0.1) is 0 Å². The minimum absolute atomic E-state index is 0.0411. The molecule has 8 nitrogen and oxygen atoms in total. The molecule has 1 saturated carbocycles. The third-order valence-corrected chi connectivity index (χ3v) is 6.26. The number of nitrogens with one attached hydrogen (secondary N) is 2. The molecule has 8 heteroatoms. The monoisotopic (exact) mass is 398 g/mol. The van der Waals surface area contributed by atoms with Gasteiger partial charge in [0.2, 0.25) is 11.8 Å². The second-order valence-corrected chi connectivity index (χ2v) is 8.12. The molecule has 2 saturated heterocycles. The fourth-order valence-corrected chi connectivity index (χ4v) is 4.53. The fraction of sp³-hybridized carbons (Fsp3) is 0.524. The van der Waals surface area contributed by atoms with Crippen LogP contribution in [0.5, 0.6) is 0 Å². The van der Waals surface area contributed by atoms with Crippen molar-refractivity contribution in [2.24, 2.45) is 5.92 Å². The third-order valence-electron chi connectivity index (χ3n) is 6.26. The molecule has 0 radical (unpaired) electrons. The van der Waals surface area contributed by atoms with Crippen LogP contribution < -0.4 is 10.6 Å². The van der Waals surface area contributed by atoms with Crippen molar-refractivity contribution in [1.82, 2.24) is 15.1 Å². The molecule has 2 heterocycles. The van der Waals surface area contributed by atoms with Crippen molar-refractivity contribution >= 4 is 29.4 Å². The third kappa shape index (κ3) is 3.83. The number of nitrogens with zero attached hydrogens (tertiary/aromatic N) is 2. The zero-order chi connectivity index (χ0) is 20.4. The van der Waals surface area contributed by atoms with Gasteiger partial charge in [0.15, 0.2) is 0 Å². The highest BCUT2D eigenvalue weighted by atomic mass is 16.2. The Kier molecular flexibility index (Phi) is 5.25. The molecule has 0 atom stereocenters. The van der Waals surface area contributed by atoms with Crippen molar-refractivity contribution in [1.29, 1.82) is 0 Å². The molecule has 29 heavy (non-hydrogen) atoms. The number of para-hydroxylation sites is 1. The average molecular weight is 398 g/mol. The summed E-state index contributed by atoms with van der Waals surface area (Å²) in [5.41, 5.74) is -0.0321. The lowest BCUT2D eigenvalue weighted by Gasteiger charge is -2.32. The highest BCUT2D eigenvalue weighted by Gasteiger charge is 2.52. The van der Waals surface area contributed by atoms with Crippen LogP contribution in [0.3, 0.4) is 0 Å². The van der Waals surface area contributed by atoms with Crippen LogP contribution in [-0.2, 0) is 14.4 Å². The van der Waals surface area contributed by atoms with E-state index < -0.39 is 11.6 Å². The van der Waals surface area contributed by atoms with Crippen molar-refractivity contribution in [3.8, 4) is 0 Å². The summed E-state index contributed by atoms with van der Waals surface area (Å²) in [4.78, 5) is 52.7. The Bertz CT molecular complexity index is 811. The standard InChI is InChI=1S/C21H26N4O4/c26-17(14-25-19(28)21(23-20(25)29)10-4-5-11-21)24-12-8-15(9-13-24)18(27)22-16-6-2-1-3-7-16/h1-3,6-7,15H,4-5,8-14H2,(H,22,27)(H,23,29). The first-order valence-corrected chi connectivity index (χ1v) is 10.3. The number of carbonyl (C=O) groups is 4. The first-order valence-electron chi connectivity index (χ1n) is 10.3. The maximum absolute atomic E-state index is 12.7. The number of piperidine rings is 1. The van der Waals surface area contributed by atoms with Gasteiger partial charge < -0.3 is 15.5 Å². The molecular weight excluding hydrogens is 372 g/mol. The van der Waals surface area contributed by atoms with Gasteiger partial charge in [0, 0.05) is 24.7 Å². The van der Waals surface area contributed by atoms with Gasteiger partial charge in [-0.1, -0.05) is 31.0 Å². The average Bonchev–Trinajstić information content (AvgIpc) is 3.29. The summed E-state index contributed by atoms with van der Waals surface area (Å²) < 4.78 is 0. The highest BCUT2D eigenvalue weighted by Crippen LogP contribution is 2.35. The first-order chi connectivity index (χ1) is 14.0. The van der Waals surface area contributed by atoms with Crippen LogP contribution in [0.15, 0.2) is 30.3 Å². The Balaban J connectivity index is 1.29. The Morgan fingerprint density at radius 1 is 1.07 bits per heavy atom. The predicted octanol–water partition coefficient (Wildman–Crippen LogP) is 1.73. The molecule has 2 aliphatic heterocycles. The number of amides is 5. The van der Waals surface area contributed by atoms with Crippen LogP contribution in [-0.4, -0.2) is 58.7 Å². The number of hydrogen-bond donors (Lipinski definition) is 2. The van der Waals surface area contributed by atoms with Crippen LogP contribution in [0.25, 0.3) is 0 Å². The SMILES string of the molecule is O=C(Nc1ccccc1)C1CCN(C(=O)CN2C(=O)NC3(CCCC3)C2=O)CC1. The first kappa shape index (κ1) is 19.4. The predicted molar refractivity (Wildman–Crippen MR) is 106 cm³/mol. The van der Waals surface area contributed by atoms with Crippen LogP contribution in [0.1, 0.15) is 38.5 Å². The molecule has 1 aromatic carbocycles.